The Bertz CT molecular complexity index is 919. The lowest BCUT2D eigenvalue weighted by Crippen LogP contribution is -2.02. The Morgan fingerprint density at radius 3 is 2.58 bits per heavy atom. The first-order chi connectivity index (χ1) is 11.6. The smallest absolute Gasteiger partial charge is 0.220 e. The monoisotopic (exact) mass is 323 g/mol. The van der Waals surface area contributed by atoms with Crippen LogP contribution >= 0.6 is 0 Å². The Hall–Kier alpha value is -2.86. The molecule has 1 aliphatic heterocycles. The van der Waals surface area contributed by atoms with Crippen LogP contribution in [0.15, 0.2) is 36.5 Å². The van der Waals surface area contributed by atoms with E-state index in [2.05, 4.69) is 10.1 Å². The van der Waals surface area contributed by atoms with Crippen molar-refractivity contribution in [2.45, 2.75) is 26.6 Å². The highest BCUT2D eigenvalue weighted by Crippen LogP contribution is 2.45. The van der Waals surface area contributed by atoms with Gasteiger partial charge in [0.25, 0.3) is 0 Å². The number of rotatable bonds is 2. The van der Waals surface area contributed by atoms with Crippen LogP contribution in [0.2, 0.25) is 0 Å². The van der Waals surface area contributed by atoms with Gasteiger partial charge in [0.2, 0.25) is 5.88 Å². The summed E-state index contributed by atoms with van der Waals surface area (Å²) in [5, 5.41) is 25.6. The summed E-state index contributed by atoms with van der Waals surface area (Å²) in [6.45, 7) is 3.91. The van der Waals surface area contributed by atoms with Gasteiger partial charge in [0, 0.05) is 17.3 Å². The first-order valence-electron chi connectivity index (χ1n) is 7.70. The third kappa shape index (κ3) is 2.07. The van der Waals surface area contributed by atoms with E-state index < -0.39 is 6.10 Å². The molecule has 3 aromatic rings. The lowest BCUT2D eigenvalue weighted by molar-refractivity contribution is 0.0905. The summed E-state index contributed by atoms with van der Waals surface area (Å²) >= 11 is 0. The third-order valence-electron chi connectivity index (χ3n) is 4.37. The first-order valence-corrected chi connectivity index (χ1v) is 7.70. The van der Waals surface area contributed by atoms with E-state index in [1.165, 1.54) is 4.68 Å². The molecule has 0 aliphatic carbocycles. The van der Waals surface area contributed by atoms with Crippen molar-refractivity contribution < 1.29 is 14.9 Å². The van der Waals surface area contributed by atoms with Gasteiger partial charge >= 0.3 is 0 Å². The van der Waals surface area contributed by atoms with E-state index in [1.807, 2.05) is 37.3 Å². The minimum atomic E-state index is -0.556. The SMILES string of the molecule is Cc1ncc2c(c1O)C(c1c(C)nn(-c3ccccc3)c1O)OC2. The van der Waals surface area contributed by atoms with Crippen LogP contribution in [0.3, 0.4) is 0 Å². The number of aryl methyl sites for hydroxylation is 2. The van der Waals surface area contributed by atoms with Crippen LogP contribution in [0.1, 0.15) is 34.2 Å². The quantitative estimate of drug-likeness (QED) is 0.758. The van der Waals surface area contributed by atoms with Gasteiger partial charge in [0.15, 0.2) is 0 Å². The molecule has 24 heavy (non-hydrogen) atoms. The first kappa shape index (κ1) is 14.7. The topological polar surface area (TPSA) is 80.4 Å². The molecular weight excluding hydrogens is 306 g/mol. The molecule has 1 aliphatic rings. The van der Waals surface area contributed by atoms with Crippen molar-refractivity contribution in [2.75, 3.05) is 0 Å². The highest BCUT2D eigenvalue weighted by Gasteiger charge is 2.34. The number of hydrogen-bond donors (Lipinski definition) is 2. The Labute approximate surface area is 139 Å². The number of fused-ring (bicyclic) bond motifs is 1. The van der Waals surface area contributed by atoms with Gasteiger partial charge in [-0.05, 0) is 26.0 Å². The summed E-state index contributed by atoms with van der Waals surface area (Å²) in [6.07, 6.45) is 1.15. The molecule has 0 radical (unpaired) electrons. The summed E-state index contributed by atoms with van der Waals surface area (Å²) in [7, 11) is 0. The molecule has 2 aromatic heterocycles. The Kier molecular flexibility index (Phi) is 3.28. The van der Waals surface area contributed by atoms with E-state index >= 15 is 0 Å². The number of para-hydroxylation sites is 1. The largest absolute Gasteiger partial charge is 0.506 e. The average molecular weight is 323 g/mol. The van der Waals surface area contributed by atoms with E-state index in [0.717, 1.165) is 11.3 Å². The molecule has 3 heterocycles. The number of pyridine rings is 1. The molecule has 0 saturated heterocycles. The molecule has 1 unspecified atom stereocenters. The summed E-state index contributed by atoms with van der Waals surface area (Å²) in [5.41, 5.74) is 4.01. The molecule has 0 saturated carbocycles. The Morgan fingerprint density at radius 2 is 1.83 bits per heavy atom. The Balaban J connectivity index is 1.87. The van der Waals surface area contributed by atoms with Crippen molar-refractivity contribution in [3.63, 3.8) is 0 Å². The van der Waals surface area contributed by atoms with Gasteiger partial charge in [-0.15, -0.1) is 0 Å². The van der Waals surface area contributed by atoms with Crippen LogP contribution in [0.5, 0.6) is 11.6 Å². The van der Waals surface area contributed by atoms with Gasteiger partial charge in [-0.25, -0.2) is 4.68 Å². The molecule has 6 heteroatoms. The van der Waals surface area contributed by atoms with Crippen LogP contribution in [-0.2, 0) is 11.3 Å². The number of benzene rings is 1. The van der Waals surface area contributed by atoms with E-state index in [4.69, 9.17) is 4.74 Å². The second kappa shape index (κ2) is 5.35. The molecule has 4 rings (SSSR count). The van der Waals surface area contributed by atoms with E-state index in [-0.39, 0.29) is 11.6 Å². The minimum Gasteiger partial charge on any atom is -0.506 e. The maximum absolute atomic E-state index is 10.7. The number of aromatic hydroxyl groups is 2. The predicted molar refractivity (Wildman–Crippen MR) is 87.2 cm³/mol. The second-order valence-corrected chi connectivity index (χ2v) is 5.89. The maximum atomic E-state index is 10.7. The zero-order chi connectivity index (χ0) is 16.8. The molecular formula is C18H17N3O3. The van der Waals surface area contributed by atoms with Crippen LogP contribution in [0.25, 0.3) is 5.69 Å². The van der Waals surface area contributed by atoms with Crippen molar-refractivity contribution in [1.29, 1.82) is 0 Å². The van der Waals surface area contributed by atoms with Crippen molar-refractivity contribution in [1.82, 2.24) is 14.8 Å². The van der Waals surface area contributed by atoms with Crippen LogP contribution in [-0.4, -0.2) is 25.0 Å². The molecule has 0 fully saturated rings. The molecule has 6 nitrogen and oxygen atoms in total. The van der Waals surface area contributed by atoms with Gasteiger partial charge in [0.05, 0.1) is 29.2 Å². The van der Waals surface area contributed by atoms with E-state index in [1.54, 1.807) is 13.1 Å². The molecule has 2 N–H and O–H groups in total. The highest BCUT2D eigenvalue weighted by molar-refractivity contribution is 5.52. The van der Waals surface area contributed by atoms with Crippen molar-refractivity contribution in [3.8, 4) is 17.3 Å². The van der Waals surface area contributed by atoms with Crippen molar-refractivity contribution in [3.05, 3.63) is 64.6 Å². The zero-order valence-corrected chi connectivity index (χ0v) is 13.4. The standard InChI is InChI=1S/C18H17N3O3/c1-10-14(18(23)21(20-10)13-6-4-3-5-7-13)17-15-12(9-24-17)8-19-11(2)16(15)22/h3-8,17,22-23H,9H2,1-2H3. The zero-order valence-electron chi connectivity index (χ0n) is 13.4. The third-order valence-corrected chi connectivity index (χ3v) is 4.37. The normalized spacial score (nSPS) is 16.3. The van der Waals surface area contributed by atoms with Crippen molar-refractivity contribution in [2.24, 2.45) is 0 Å². The molecule has 1 atom stereocenters. The van der Waals surface area contributed by atoms with Gasteiger partial charge in [0.1, 0.15) is 11.9 Å². The molecule has 122 valence electrons. The van der Waals surface area contributed by atoms with Crippen LogP contribution in [0, 0.1) is 13.8 Å². The fourth-order valence-corrected chi connectivity index (χ4v) is 3.13. The molecule has 0 amide bonds. The molecule has 1 aromatic carbocycles. The lowest BCUT2D eigenvalue weighted by atomic mass is 9.99. The lowest BCUT2D eigenvalue weighted by Gasteiger charge is -2.13. The fourth-order valence-electron chi connectivity index (χ4n) is 3.13. The summed E-state index contributed by atoms with van der Waals surface area (Å²) in [5.74, 6) is 0.131. The summed E-state index contributed by atoms with van der Waals surface area (Å²) in [4.78, 5) is 4.16. The van der Waals surface area contributed by atoms with Gasteiger partial charge in [-0.3, -0.25) is 4.98 Å². The van der Waals surface area contributed by atoms with Crippen LogP contribution in [0.4, 0.5) is 0 Å². The minimum absolute atomic E-state index is 0.0189. The van der Waals surface area contributed by atoms with Crippen molar-refractivity contribution >= 4 is 0 Å². The van der Waals surface area contributed by atoms with Gasteiger partial charge < -0.3 is 14.9 Å². The summed E-state index contributed by atoms with van der Waals surface area (Å²) in [6, 6.07) is 9.40. The Morgan fingerprint density at radius 1 is 1.08 bits per heavy atom. The van der Waals surface area contributed by atoms with E-state index in [9.17, 15) is 10.2 Å². The van der Waals surface area contributed by atoms with Crippen LogP contribution < -0.4 is 0 Å². The number of hydrogen-bond acceptors (Lipinski definition) is 5. The predicted octanol–water partition coefficient (Wildman–Crippen LogP) is 2.91. The molecule has 0 bridgehead atoms. The summed E-state index contributed by atoms with van der Waals surface area (Å²) < 4.78 is 7.33. The number of ether oxygens (including phenoxy) is 1. The van der Waals surface area contributed by atoms with E-state index in [0.29, 0.717) is 29.1 Å². The highest BCUT2D eigenvalue weighted by atomic mass is 16.5. The average Bonchev–Trinajstić information content (AvgIpc) is 3.13. The second-order valence-electron chi connectivity index (χ2n) is 5.89. The maximum Gasteiger partial charge on any atom is 0.220 e. The molecule has 0 spiro atoms. The van der Waals surface area contributed by atoms with Gasteiger partial charge in [-0.2, -0.15) is 5.10 Å². The number of aromatic nitrogens is 3. The number of nitrogens with zero attached hydrogens (tertiary/aromatic N) is 3. The fraction of sp³-hybridized carbons (Fsp3) is 0.222. The van der Waals surface area contributed by atoms with Gasteiger partial charge in [-0.1, -0.05) is 18.2 Å².